The van der Waals surface area contributed by atoms with Crippen LogP contribution in [0.2, 0.25) is 0 Å². The fraction of sp³-hybridized carbons (Fsp3) is 0.625. The quantitative estimate of drug-likeness (QED) is 0.112. The van der Waals surface area contributed by atoms with Gasteiger partial charge in [-0.2, -0.15) is 0 Å². The molecule has 1 aromatic heterocycles. The summed E-state index contributed by atoms with van der Waals surface area (Å²) in [7, 11) is 3.23. The third-order valence-corrected chi connectivity index (χ3v) is 10.2. The Hall–Kier alpha value is -4.43. The summed E-state index contributed by atoms with van der Waals surface area (Å²) in [6.45, 7) is 13.7. The number of esters is 1. The molecule has 0 aliphatic carbocycles. The van der Waals surface area contributed by atoms with Crippen molar-refractivity contribution in [2.24, 2.45) is 34.8 Å². The van der Waals surface area contributed by atoms with Gasteiger partial charge in [0, 0.05) is 38.8 Å². The zero-order valence-electron chi connectivity index (χ0n) is 33.3. The van der Waals surface area contributed by atoms with E-state index in [2.05, 4.69) is 24.1 Å². The second-order valence-electron chi connectivity index (χ2n) is 15.3. The SMILES string of the molecule is COCCCOc1cc(C[C@H](C[C@H]2[C@H](C[C@H](C(=O)NCC(C)(C)C(N)=O)C(C)C)OC(COC(=O)c3ncccc3C)N2C(=O)O)C(C)C)ccc1OC. The number of nitrogens with two attached hydrogens (primary N) is 1. The summed E-state index contributed by atoms with van der Waals surface area (Å²) in [5, 5.41) is 13.5. The Balaban J connectivity index is 1.94. The number of carbonyl (C=O) groups is 4. The molecule has 2 aromatic rings. The lowest BCUT2D eigenvalue weighted by molar-refractivity contribution is -0.130. The number of primary amides is 1. The summed E-state index contributed by atoms with van der Waals surface area (Å²) in [5.41, 5.74) is 6.31. The van der Waals surface area contributed by atoms with Crippen molar-refractivity contribution < 1.29 is 48.0 Å². The van der Waals surface area contributed by atoms with E-state index in [1.807, 2.05) is 32.0 Å². The van der Waals surface area contributed by atoms with Gasteiger partial charge in [-0.25, -0.2) is 14.6 Å². The molecule has 1 fully saturated rings. The number of hydrogen-bond donors (Lipinski definition) is 3. The standard InChI is InChI=1S/C40H60N4O10/c1-24(2)28(18-27-13-14-31(51-9)33(19-27)52-17-11-16-50-8)20-30-32(21-29(25(3)4)36(45)43-23-40(6,7)38(41)47)54-34(44(30)39(48)49)22-53-37(46)35-26(5)12-10-15-42-35/h10,12-15,19,24-25,28-30,32,34H,11,16-18,20-23H2,1-9H3,(H2,41,47)(H,43,45)(H,48,49)/t28-,29+,30+,32+,34?/m1/s1. The van der Waals surface area contributed by atoms with Crippen molar-refractivity contribution in [3.63, 3.8) is 0 Å². The monoisotopic (exact) mass is 756 g/mol. The molecule has 1 unspecified atom stereocenters. The number of methoxy groups -OCH3 is 2. The molecule has 1 aromatic carbocycles. The maximum atomic E-state index is 13.7. The first-order valence-electron chi connectivity index (χ1n) is 18.6. The van der Waals surface area contributed by atoms with Gasteiger partial charge in [0.05, 0.1) is 31.3 Å². The lowest BCUT2D eigenvalue weighted by Gasteiger charge is -2.33. The molecule has 4 N–H and O–H groups in total. The fourth-order valence-corrected chi connectivity index (χ4v) is 6.54. The van der Waals surface area contributed by atoms with Crippen LogP contribution in [0.5, 0.6) is 11.5 Å². The molecule has 1 aliphatic rings. The lowest BCUT2D eigenvalue weighted by Crippen LogP contribution is -2.47. The molecule has 0 spiro atoms. The highest BCUT2D eigenvalue weighted by Gasteiger charge is 2.48. The van der Waals surface area contributed by atoms with Crippen LogP contribution in [0.1, 0.15) is 82.4 Å². The van der Waals surface area contributed by atoms with Gasteiger partial charge in [0.15, 0.2) is 23.4 Å². The first-order valence-corrected chi connectivity index (χ1v) is 18.6. The number of pyridine rings is 1. The predicted molar refractivity (Wildman–Crippen MR) is 202 cm³/mol. The number of carboxylic acid groups (broad SMARTS) is 1. The molecule has 3 amide bonds. The molecule has 3 rings (SSSR count). The van der Waals surface area contributed by atoms with E-state index in [0.29, 0.717) is 49.5 Å². The summed E-state index contributed by atoms with van der Waals surface area (Å²) in [6, 6.07) is 8.54. The Bertz CT molecular complexity index is 1560. The highest BCUT2D eigenvalue weighted by Crippen LogP contribution is 2.37. The Morgan fingerprint density at radius 1 is 1.04 bits per heavy atom. The maximum Gasteiger partial charge on any atom is 0.409 e. The van der Waals surface area contributed by atoms with E-state index in [9.17, 15) is 24.3 Å². The molecule has 14 nitrogen and oxygen atoms in total. The van der Waals surface area contributed by atoms with Gasteiger partial charge in [-0.05, 0) is 87.1 Å². The molecular formula is C40H60N4O10. The molecular weight excluding hydrogens is 696 g/mol. The van der Waals surface area contributed by atoms with Crippen molar-refractivity contribution in [3.8, 4) is 11.5 Å². The summed E-state index contributed by atoms with van der Waals surface area (Å²) in [5.74, 6) is -0.968. The van der Waals surface area contributed by atoms with Gasteiger partial charge in [0.2, 0.25) is 11.8 Å². The average Bonchev–Trinajstić information content (AvgIpc) is 3.46. The van der Waals surface area contributed by atoms with Crippen LogP contribution in [-0.2, 0) is 30.2 Å². The van der Waals surface area contributed by atoms with E-state index in [1.165, 1.54) is 11.1 Å². The van der Waals surface area contributed by atoms with E-state index in [1.54, 1.807) is 47.1 Å². The van der Waals surface area contributed by atoms with Crippen molar-refractivity contribution in [1.29, 1.82) is 0 Å². The Labute approximate surface area is 319 Å². The van der Waals surface area contributed by atoms with Crippen LogP contribution in [0.15, 0.2) is 36.5 Å². The molecule has 300 valence electrons. The summed E-state index contributed by atoms with van der Waals surface area (Å²) < 4.78 is 28.8. The molecule has 0 bridgehead atoms. The largest absolute Gasteiger partial charge is 0.493 e. The molecule has 5 atom stereocenters. The minimum Gasteiger partial charge on any atom is -0.493 e. The summed E-state index contributed by atoms with van der Waals surface area (Å²) >= 11 is 0. The number of aryl methyl sites for hydroxylation is 1. The number of amides is 3. The fourth-order valence-electron chi connectivity index (χ4n) is 6.54. The number of carbonyl (C=O) groups excluding carboxylic acids is 3. The molecule has 2 heterocycles. The van der Waals surface area contributed by atoms with Crippen molar-refractivity contribution in [2.75, 3.05) is 40.6 Å². The summed E-state index contributed by atoms with van der Waals surface area (Å²) in [4.78, 5) is 57.1. The Morgan fingerprint density at radius 3 is 2.35 bits per heavy atom. The second kappa shape index (κ2) is 20.3. The van der Waals surface area contributed by atoms with Gasteiger partial charge >= 0.3 is 12.1 Å². The second-order valence-corrected chi connectivity index (χ2v) is 15.3. The van der Waals surface area contributed by atoms with Crippen LogP contribution in [0.4, 0.5) is 4.79 Å². The number of nitrogens with zero attached hydrogens (tertiary/aromatic N) is 2. The third-order valence-electron chi connectivity index (χ3n) is 10.2. The topological polar surface area (TPSA) is 189 Å². The van der Waals surface area contributed by atoms with Crippen LogP contribution in [-0.4, -0.2) is 97.8 Å². The highest BCUT2D eigenvalue weighted by molar-refractivity contribution is 5.88. The Morgan fingerprint density at radius 2 is 1.76 bits per heavy atom. The molecule has 0 saturated carbocycles. The number of nitrogens with one attached hydrogen (secondary N) is 1. The van der Waals surface area contributed by atoms with Crippen molar-refractivity contribution in [1.82, 2.24) is 15.2 Å². The van der Waals surface area contributed by atoms with Gasteiger partial charge < -0.3 is 39.8 Å². The van der Waals surface area contributed by atoms with E-state index in [4.69, 9.17) is 29.4 Å². The van der Waals surface area contributed by atoms with Crippen LogP contribution < -0.4 is 20.5 Å². The number of rotatable bonds is 21. The van der Waals surface area contributed by atoms with Crippen LogP contribution in [0, 0.1) is 36.0 Å². The number of aromatic nitrogens is 1. The van der Waals surface area contributed by atoms with Gasteiger partial charge in [-0.3, -0.25) is 14.5 Å². The van der Waals surface area contributed by atoms with Gasteiger partial charge in [-0.15, -0.1) is 0 Å². The molecule has 14 heteroatoms. The van der Waals surface area contributed by atoms with Crippen LogP contribution >= 0.6 is 0 Å². The first-order chi connectivity index (χ1) is 25.5. The number of benzene rings is 1. The van der Waals surface area contributed by atoms with Crippen LogP contribution in [0.3, 0.4) is 0 Å². The molecule has 0 radical (unpaired) electrons. The van der Waals surface area contributed by atoms with Gasteiger partial charge in [-0.1, -0.05) is 39.8 Å². The van der Waals surface area contributed by atoms with E-state index >= 15 is 0 Å². The smallest absolute Gasteiger partial charge is 0.409 e. The van der Waals surface area contributed by atoms with Crippen molar-refractivity contribution in [3.05, 3.63) is 53.3 Å². The van der Waals surface area contributed by atoms with Crippen LogP contribution in [0.25, 0.3) is 0 Å². The van der Waals surface area contributed by atoms with Crippen molar-refractivity contribution >= 4 is 23.9 Å². The zero-order chi connectivity index (χ0) is 40.2. The van der Waals surface area contributed by atoms with E-state index in [-0.39, 0.29) is 48.9 Å². The third kappa shape index (κ3) is 12.0. The normalized spacial score (nSPS) is 18.4. The van der Waals surface area contributed by atoms with E-state index < -0.39 is 47.7 Å². The highest BCUT2D eigenvalue weighted by atomic mass is 16.6. The number of ether oxygens (including phenoxy) is 5. The lowest BCUT2D eigenvalue weighted by atomic mass is 9.80. The summed E-state index contributed by atoms with van der Waals surface area (Å²) in [6.07, 6.45) is 0.297. The maximum absolute atomic E-state index is 13.7. The van der Waals surface area contributed by atoms with Crippen molar-refractivity contribution in [2.45, 2.75) is 92.5 Å². The predicted octanol–water partition coefficient (Wildman–Crippen LogP) is 5.24. The molecule has 1 saturated heterocycles. The van der Waals surface area contributed by atoms with Gasteiger partial charge in [0.1, 0.15) is 6.61 Å². The molecule has 54 heavy (non-hydrogen) atoms. The Kier molecular flexibility index (Phi) is 16.5. The zero-order valence-corrected chi connectivity index (χ0v) is 33.3. The average molecular weight is 757 g/mol. The first kappa shape index (κ1) is 44.0. The minimum absolute atomic E-state index is 0.0298. The molecule has 1 aliphatic heterocycles. The van der Waals surface area contributed by atoms with E-state index in [0.717, 1.165) is 5.56 Å². The number of hydrogen-bond acceptors (Lipinski definition) is 10. The van der Waals surface area contributed by atoms with Gasteiger partial charge in [0.25, 0.3) is 0 Å². The minimum atomic E-state index is -1.23.